The largest absolute Gasteiger partial charge is 0.494 e. The molecule has 1 aromatic rings. The lowest BCUT2D eigenvalue weighted by atomic mass is 10.0. The summed E-state index contributed by atoms with van der Waals surface area (Å²) < 4.78 is 5.76. The van der Waals surface area contributed by atoms with Crippen molar-refractivity contribution in [3.05, 3.63) is 29.8 Å². The highest BCUT2D eigenvalue weighted by Gasteiger charge is 2.25. The van der Waals surface area contributed by atoms with Crippen LogP contribution in [0.1, 0.15) is 44.6 Å². The summed E-state index contributed by atoms with van der Waals surface area (Å²) in [6.07, 6.45) is 7.40. The van der Waals surface area contributed by atoms with Gasteiger partial charge in [-0.1, -0.05) is 44.7 Å². The van der Waals surface area contributed by atoms with Crippen LogP contribution in [0.5, 0.6) is 5.75 Å². The van der Waals surface area contributed by atoms with Crippen LogP contribution in [0.25, 0.3) is 0 Å². The normalized spacial score (nSPS) is 15.7. The van der Waals surface area contributed by atoms with Crippen LogP contribution < -0.4 is 4.74 Å². The summed E-state index contributed by atoms with van der Waals surface area (Å²) in [5, 5.41) is 0. The van der Waals surface area contributed by atoms with Crippen LogP contribution in [-0.2, 0) is 11.3 Å². The molecule has 3 heteroatoms. The fourth-order valence-electron chi connectivity index (χ4n) is 2.67. The molecule has 1 fully saturated rings. The van der Waals surface area contributed by atoms with E-state index in [4.69, 9.17) is 4.74 Å². The van der Waals surface area contributed by atoms with Crippen molar-refractivity contribution in [3.8, 4) is 5.75 Å². The zero-order chi connectivity index (χ0) is 14.9. The zero-order valence-electron chi connectivity index (χ0n) is 13.1. The monoisotopic (exact) mass is 289 g/mol. The van der Waals surface area contributed by atoms with Crippen molar-refractivity contribution >= 4 is 6.29 Å². The molecule has 0 radical (unpaired) electrons. The molecule has 0 N–H and O–H groups in total. The van der Waals surface area contributed by atoms with E-state index in [9.17, 15) is 4.79 Å². The molecule has 0 amide bonds. The van der Waals surface area contributed by atoms with E-state index in [0.717, 1.165) is 44.7 Å². The summed E-state index contributed by atoms with van der Waals surface area (Å²) in [5.41, 5.74) is 1.29. The molecule has 0 unspecified atom stereocenters. The minimum atomic E-state index is 0.250. The smallest absolute Gasteiger partial charge is 0.125 e. The number of unbranched alkanes of at least 4 members (excludes halogenated alkanes) is 4. The Hall–Kier alpha value is -1.35. The summed E-state index contributed by atoms with van der Waals surface area (Å²) in [6, 6.07) is 8.36. The van der Waals surface area contributed by atoms with Crippen molar-refractivity contribution in [1.82, 2.24) is 4.90 Å². The van der Waals surface area contributed by atoms with E-state index in [-0.39, 0.29) is 5.92 Å². The first-order valence-electron chi connectivity index (χ1n) is 8.21. The number of rotatable bonds is 10. The van der Waals surface area contributed by atoms with E-state index in [1.807, 2.05) is 0 Å². The second kappa shape index (κ2) is 8.83. The van der Waals surface area contributed by atoms with Crippen LogP contribution in [0.2, 0.25) is 0 Å². The van der Waals surface area contributed by atoms with Crippen molar-refractivity contribution in [2.24, 2.45) is 5.92 Å². The molecule has 2 rings (SSSR count). The van der Waals surface area contributed by atoms with Crippen LogP contribution in [0, 0.1) is 5.92 Å². The number of carbonyl (C=O) groups excluding carboxylic acids is 1. The van der Waals surface area contributed by atoms with Gasteiger partial charge >= 0.3 is 0 Å². The van der Waals surface area contributed by atoms with Gasteiger partial charge in [0.1, 0.15) is 12.0 Å². The van der Waals surface area contributed by atoms with E-state index >= 15 is 0 Å². The minimum absolute atomic E-state index is 0.250. The number of benzene rings is 1. The van der Waals surface area contributed by atoms with Gasteiger partial charge in [0, 0.05) is 25.6 Å². The van der Waals surface area contributed by atoms with Gasteiger partial charge in [0.05, 0.1) is 6.61 Å². The average molecular weight is 289 g/mol. The van der Waals surface area contributed by atoms with E-state index in [0.29, 0.717) is 0 Å². The summed E-state index contributed by atoms with van der Waals surface area (Å²) >= 11 is 0. The maximum Gasteiger partial charge on any atom is 0.125 e. The molecular weight excluding hydrogens is 262 g/mol. The topological polar surface area (TPSA) is 29.5 Å². The molecular formula is C18H27NO2. The number of ether oxygens (including phenoxy) is 1. The number of carbonyl (C=O) groups is 1. The van der Waals surface area contributed by atoms with Gasteiger partial charge in [-0.15, -0.1) is 0 Å². The Kier molecular flexibility index (Phi) is 6.74. The molecule has 21 heavy (non-hydrogen) atoms. The Balaban J connectivity index is 1.62. The highest BCUT2D eigenvalue weighted by molar-refractivity contribution is 5.55. The fourth-order valence-corrected chi connectivity index (χ4v) is 2.67. The van der Waals surface area contributed by atoms with Crippen LogP contribution in [-0.4, -0.2) is 30.9 Å². The predicted octanol–water partition coefficient (Wildman–Crippen LogP) is 3.67. The van der Waals surface area contributed by atoms with Crippen molar-refractivity contribution in [2.45, 2.75) is 45.6 Å². The second-order valence-electron chi connectivity index (χ2n) is 6.00. The van der Waals surface area contributed by atoms with E-state index in [2.05, 4.69) is 36.1 Å². The predicted molar refractivity (Wildman–Crippen MR) is 85.5 cm³/mol. The molecule has 116 valence electrons. The molecule has 0 bridgehead atoms. The maximum atomic E-state index is 10.6. The number of likely N-dealkylation sites (tertiary alicyclic amines) is 1. The Morgan fingerprint density at radius 1 is 1.14 bits per heavy atom. The molecule has 0 spiro atoms. The maximum absolute atomic E-state index is 10.6. The lowest BCUT2D eigenvalue weighted by Crippen LogP contribution is -2.46. The number of nitrogens with zero attached hydrogens (tertiary/aromatic N) is 1. The third-order valence-corrected chi connectivity index (χ3v) is 4.02. The first kappa shape index (κ1) is 16.0. The molecule has 1 heterocycles. The summed E-state index contributed by atoms with van der Waals surface area (Å²) in [4.78, 5) is 12.9. The second-order valence-corrected chi connectivity index (χ2v) is 6.00. The lowest BCUT2D eigenvalue weighted by molar-refractivity contribution is -0.115. The molecule has 0 aromatic heterocycles. The summed E-state index contributed by atoms with van der Waals surface area (Å²) in [5.74, 6) is 1.21. The van der Waals surface area contributed by atoms with Gasteiger partial charge in [-0.25, -0.2) is 0 Å². The minimum Gasteiger partial charge on any atom is -0.494 e. The SMILES string of the molecule is CCCCCCCOc1ccc(CN2CC(C=O)C2)cc1. The van der Waals surface area contributed by atoms with Gasteiger partial charge in [0.25, 0.3) is 0 Å². The van der Waals surface area contributed by atoms with Gasteiger partial charge in [-0.3, -0.25) is 4.90 Å². The highest BCUT2D eigenvalue weighted by Crippen LogP contribution is 2.19. The fraction of sp³-hybridized carbons (Fsp3) is 0.611. The molecule has 3 nitrogen and oxygen atoms in total. The molecule has 1 saturated heterocycles. The summed E-state index contributed by atoms with van der Waals surface area (Å²) in [7, 11) is 0. The van der Waals surface area contributed by atoms with Gasteiger partial charge in [-0.2, -0.15) is 0 Å². The van der Waals surface area contributed by atoms with Gasteiger partial charge < -0.3 is 9.53 Å². The van der Waals surface area contributed by atoms with Crippen LogP contribution in [0.4, 0.5) is 0 Å². The Morgan fingerprint density at radius 3 is 2.52 bits per heavy atom. The van der Waals surface area contributed by atoms with E-state index in [1.54, 1.807) is 0 Å². The Morgan fingerprint density at radius 2 is 1.86 bits per heavy atom. The molecule has 0 aliphatic carbocycles. The number of aldehydes is 1. The Labute approximate surface area is 128 Å². The van der Waals surface area contributed by atoms with Gasteiger partial charge in [-0.05, 0) is 24.1 Å². The number of hydrogen-bond donors (Lipinski definition) is 0. The number of hydrogen-bond acceptors (Lipinski definition) is 3. The van der Waals surface area contributed by atoms with Crippen molar-refractivity contribution in [1.29, 1.82) is 0 Å². The molecule has 0 atom stereocenters. The van der Waals surface area contributed by atoms with Crippen LogP contribution in [0.15, 0.2) is 24.3 Å². The average Bonchev–Trinajstić information content (AvgIpc) is 2.47. The van der Waals surface area contributed by atoms with Crippen molar-refractivity contribution in [2.75, 3.05) is 19.7 Å². The first-order chi connectivity index (χ1) is 10.3. The van der Waals surface area contributed by atoms with Crippen molar-refractivity contribution in [3.63, 3.8) is 0 Å². The quantitative estimate of drug-likeness (QED) is 0.486. The third kappa shape index (κ3) is 5.50. The zero-order valence-corrected chi connectivity index (χ0v) is 13.1. The molecule has 1 aliphatic heterocycles. The van der Waals surface area contributed by atoms with E-state index in [1.165, 1.54) is 31.2 Å². The van der Waals surface area contributed by atoms with Crippen LogP contribution in [0.3, 0.4) is 0 Å². The van der Waals surface area contributed by atoms with Crippen molar-refractivity contribution < 1.29 is 9.53 Å². The Bertz CT molecular complexity index is 410. The van der Waals surface area contributed by atoms with Gasteiger partial charge in [0.15, 0.2) is 0 Å². The lowest BCUT2D eigenvalue weighted by Gasteiger charge is -2.36. The first-order valence-corrected chi connectivity index (χ1v) is 8.21. The molecule has 1 aliphatic rings. The van der Waals surface area contributed by atoms with Gasteiger partial charge in [0.2, 0.25) is 0 Å². The molecule has 0 saturated carbocycles. The highest BCUT2D eigenvalue weighted by atomic mass is 16.5. The van der Waals surface area contributed by atoms with Crippen LogP contribution >= 0.6 is 0 Å². The van der Waals surface area contributed by atoms with E-state index < -0.39 is 0 Å². The standard InChI is InChI=1S/C18H27NO2/c1-2-3-4-5-6-11-21-18-9-7-16(8-10-18)12-19-13-17(14-19)15-20/h7-10,15,17H,2-6,11-14H2,1H3. The summed E-state index contributed by atoms with van der Waals surface area (Å²) in [6.45, 7) is 5.79. The third-order valence-electron chi connectivity index (χ3n) is 4.02. The molecule has 1 aromatic carbocycles.